The van der Waals surface area contributed by atoms with Gasteiger partial charge in [-0.1, -0.05) is 0 Å². The first kappa shape index (κ1) is 18.5. The number of rotatable bonds is 6. The molecule has 6 heteroatoms. The van der Waals surface area contributed by atoms with E-state index in [9.17, 15) is 13.6 Å². The van der Waals surface area contributed by atoms with Crippen LogP contribution in [0.2, 0.25) is 0 Å². The Bertz CT molecular complexity index is 711. The van der Waals surface area contributed by atoms with Crippen LogP contribution in [0.5, 0.6) is 0 Å². The molecule has 1 amide bonds. The van der Waals surface area contributed by atoms with Crippen molar-refractivity contribution in [3.8, 4) is 0 Å². The van der Waals surface area contributed by atoms with Crippen LogP contribution in [-0.2, 0) is 17.8 Å². The summed E-state index contributed by atoms with van der Waals surface area (Å²) in [5, 5.41) is 3.09. The number of nitrogens with one attached hydrogen (secondary N) is 1. The number of amides is 1. The lowest BCUT2D eigenvalue weighted by atomic mass is 10.0. The maximum absolute atomic E-state index is 13.3. The molecule has 0 aliphatic carbocycles. The maximum Gasteiger partial charge on any atom is 0.220 e. The highest BCUT2D eigenvalue weighted by molar-refractivity contribution is 5.76. The largest absolute Gasteiger partial charge is 0.353 e. The maximum atomic E-state index is 13.3. The van der Waals surface area contributed by atoms with E-state index in [1.807, 2.05) is 12.1 Å². The number of hydrogen-bond acceptors (Lipinski definition) is 3. The van der Waals surface area contributed by atoms with Gasteiger partial charge in [0.25, 0.3) is 0 Å². The summed E-state index contributed by atoms with van der Waals surface area (Å²) in [6.07, 6.45) is 6.32. The zero-order valence-corrected chi connectivity index (χ0v) is 14.6. The zero-order chi connectivity index (χ0) is 18.4. The third-order valence-electron chi connectivity index (χ3n) is 4.67. The van der Waals surface area contributed by atoms with E-state index >= 15 is 0 Å². The number of benzene rings is 1. The average molecular weight is 359 g/mol. The molecule has 1 fully saturated rings. The van der Waals surface area contributed by atoms with Crippen molar-refractivity contribution in [1.82, 2.24) is 15.2 Å². The van der Waals surface area contributed by atoms with Crippen LogP contribution in [0.3, 0.4) is 0 Å². The van der Waals surface area contributed by atoms with E-state index < -0.39 is 11.6 Å². The normalized spacial score (nSPS) is 15.8. The topological polar surface area (TPSA) is 45.2 Å². The van der Waals surface area contributed by atoms with Crippen LogP contribution in [0.1, 0.15) is 30.4 Å². The Morgan fingerprint density at radius 3 is 2.38 bits per heavy atom. The van der Waals surface area contributed by atoms with E-state index in [2.05, 4.69) is 15.2 Å². The Balaban J connectivity index is 1.40. The number of likely N-dealkylation sites (tertiary alicyclic amines) is 1. The monoisotopic (exact) mass is 359 g/mol. The number of nitrogens with zero attached hydrogens (tertiary/aromatic N) is 2. The summed E-state index contributed by atoms with van der Waals surface area (Å²) in [5.74, 6) is -1.03. The summed E-state index contributed by atoms with van der Waals surface area (Å²) >= 11 is 0. The Kier molecular flexibility index (Phi) is 6.28. The van der Waals surface area contributed by atoms with Gasteiger partial charge in [0.05, 0.1) is 0 Å². The molecule has 1 N–H and O–H groups in total. The number of piperidine rings is 1. The summed E-state index contributed by atoms with van der Waals surface area (Å²) in [6.45, 7) is 2.12. The van der Waals surface area contributed by atoms with Crippen LogP contribution >= 0.6 is 0 Å². The molecule has 0 spiro atoms. The third kappa shape index (κ3) is 5.59. The summed E-state index contributed by atoms with van der Waals surface area (Å²) < 4.78 is 26.5. The molecule has 0 atom stereocenters. The summed E-state index contributed by atoms with van der Waals surface area (Å²) in [4.78, 5) is 18.2. The SMILES string of the molecule is O=C(CCc1ccncc1)NC1CCN(Cc2cc(F)cc(F)c2)CC1. The lowest BCUT2D eigenvalue weighted by Crippen LogP contribution is -2.44. The van der Waals surface area contributed by atoms with Crippen molar-refractivity contribution in [2.45, 2.75) is 38.3 Å². The quantitative estimate of drug-likeness (QED) is 0.862. The fourth-order valence-electron chi connectivity index (χ4n) is 3.30. The lowest BCUT2D eigenvalue weighted by molar-refractivity contribution is -0.122. The highest BCUT2D eigenvalue weighted by Crippen LogP contribution is 2.16. The van der Waals surface area contributed by atoms with Crippen LogP contribution in [-0.4, -0.2) is 34.9 Å². The minimum absolute atomic E-state index is 0.0625. The van der Waals surface area contributed by atoms with Gasteiger partial charge in [-0.05, 0) is 54.7 Å². The van der Waals surface area contributed by atoms with Crippen molar-refractivity contribution >= 4 is 5.91 Å². The first-order valence-electron chi connectivity index (χ1n) is 8.94. The number of hydrogen-bond donors (Lipinski definition) is 1. The van der Waals surface area contributed by atoms with Gasteiger partial charge in [0.2, 0.25) is 5.91 Å². The molecule has 2 aromatic rings. The second-order valence-electron chi connectivity index (χ2n) is 6.75. The van der Waals surface area contributed by atoms with Gasteiger partial charge in [0.15, 0.2) is 0 Å². The predicted octanol–water partition coefficient (Wildman–Crippen LogP) is 3.07. The fraction of sp³-hybridized carbons (Fsp3) is 0.400. The molecule has 1 aliphatic heterocycles. The van der Waals surface area contributed by atoms with Crippen LogP contribution in [0.25, 0.3) is 0 Å². The molecule has 26 heavy (non-hydrogen) atoms. The van der Waals surface area contributed by atoms with E-state index in [4.69, 9.17) is 0 Å². The smallest absolute Gasteiger partial charge is 0.220 e. The van der Waals surface area contributed by atoms with E-state index in [1.54, 1.807) is 12.4 Å². The second kappa shape index (κ2) is 8.85. The number of aromatic nitrogens is 1. The van der Waals surface area contributed by atoms with Gasteiger partial charge in [0, 0.05) is 50.6 Å². The number of carbonyl (C=O) groups is 1. The molecule has 0 bridgehead atoms. The van der Waals surface area contributed by atoms with E-state index in [0.29, 0.717) is 24.9 Å². The van der Waals surface area contributed by atoms with Crippen molar-refractivity contribution in [2.24, 2.45) is 0 Å². The van der Waals surface area contributed by atoms with Crippen LogP contribution in [0, 0.1) is 11.6 Å². The van der Waals surface area contributed by atoms with E-state index in [0.717, 1.165) is 37.6 Å². The fourth-order valence-corrected chi connectivity index (χ4v) is 3.30. The van der Waals surface area contributed by atoms with E-state index in [1.165, 1.54) is 12.1 Å². The first-order chi connectivity index (χ1) is 12.6. The highest BCUT2D eigenvalue weighted by Gasteiger charge is 2.21. The molecule has 1 saturated heterocycles. The zero-order valence-electron chi connectivity index (χ0n) is 14.6. The van der Waals surface area contributed by atoms with Gasteiger partial charge in [-0.25, -0.2) is 8.78 Å². The Morgan fingerprint density at radius 1 is 1.08 bits per heavy atom. The van der Waals surface area contributed by atoms with Crippen LogP contribution in [0.4, 0.5) is 8.78 Å². The molecule has 0 radical (unpaired) electrons. The van der Waals surface area contributed by atoms with Gasteiger partial charge >= 0.3 is 0 Å². The Hall–Kier alpha value is -2.34. The van der Waals surface area contributed by atoms with Gasteiger partial charge < -0.3 is 5.32 Å². The van der Waals surface area contributed by atoms with Crippen molar-refractivity contribution in [3.63, 3.8) is 0 Å². The van der Waals surface area contributed by atoms with Crippen LogP contribution in [0.15, 0.2) is 42.7 Å². The minimum Gasteiger partial charge on any atom is -0.353 e. The third-order valence-corrected chi connectivity index (χ3v) is 4.67. The standard InChI is InChI=1S/C20H23F2N3O/c21-17-11-16(12-18(22)13-17)14-25-9-5-19(6-10-25)24-20(26)2-1-15-3-7-23-8-4-15/h3-4,7-8,11-13,19H,1-2,5-6,9-10,14H2,(H,24,26). The Morgan fingerprint density at radius 2 is 1.73 bits per heavy atom. The van der Waals surface area contributed by atoms with Crippen LogP contribution < -0.4 is 5.32 Å². The van der Waals surface area contributed by atoms with Crippen molar-refractivity contribution in [3.05, 3.63) is 65.5 Å². The highest BCUT2D eigenvalue weighted by atomic mass is 19.1. The Labute approximate surface area is 152 Å². The molecular weight excluding hydrogens is 336 g/mol. The van der Waals surface area contributed by atoms with Gasteiger partial charge in [-0.2, -0.15) is 0 Å². The minimum atomic E-state index is -0.545. The summed E-state index contributed by atoms with van der Waals surface area (Å²) in [7, 11) is 0. The molecule has 4 nitrogen and oxygen atoms in total. The lowest BCUT2D eigenvalue weighted by Gasteiger charge is -2.32. The molecule has 2 heterocycles. The van der Waals surface area contributed by atoms with Crippen molar-refractivity contribution < 1.29 is 13.6 Å². The number of aryl methyl sites for hydroxylation is 1. The molecule has 138 valence electrons. The molecule has 1 aromatic heterocycles. The molecule has 1 aromatic carbocycles. The number of pyridine rings is 1. The van der Waals surface area contributed by atoms with Gasteiger partial charge in [0.1, 0.15) is 11.6 Å². The average Bonchev–Trinajstić information content (AvgIpc) is 2.62. The molecular formula is C20H23F2N3O. The summed E-state index contributed by atoms with van der Waals surface area (Å²) in [6, 6.07) is 7.63. The molecule has 0 unspecified atom stereocenters. The molecule has 1 aliphatic rings. The summed E-state index contributed by atoms with van der Waals surface area (Å²) in [5.41, 5.74) is 1.75. The first-order valence-corrected chi connectivity index (χ1v) is 8.94. The molecule has 3 rings (SSSR count). The predicted molar refractivity (Wildman–Crippen MR) is 95.4 cm³/mol. The number of carbonyl (C=O) groups excluding carboxylic acids is 1. The van der Waals surface area contributed by atoms with Crippen molar-refractivity contribution in [2.75, 3.05) is 13.1 Å². The van der Waals surface area contributed by atoms with Gasteiger partial charge in [-0.3, -0.25) is 14.7 Å². The van der Waals surface area contributed by atoms with Crippen molar-refractivity contribution in [1.29, 1.82) is 0 Å². The second-order valence-corrected chi connectivity index (χ2v) is 6.75. The number of halogens is 2. The molecule has 0 saturated carbocycles. The van der Waals surface area contributed by atoms with E-state index in [-0.39, 0.29) is 11.9 Å². The van der Waals surface area contributed by atoms with Gasteiger partial charge in [-0.15, -0.1) is 0 Å².